The van der Waals surface area contributed by atoms with Crippen LogP contribution in [-0.4, -0.2) is 53.5 Å². The molecule has 0 aliphatic carbocycles. The van der Waals surface area contributed by atoms with Crippen molar-refractivity contribution in [3.05, 3.63) is 65.5 Å². The maximum Gasteiger partial charge on any atom is 0.269 e. The molecule has 1 N–H and O–H groups in total. The Bertz CT molecular complexity index is 1240. The molecule has 194 valence electrons. The molecule has 3 amide bonds. The normalized spacial score (nSPS) is 15.4. The van der Waals surface area contributed by atoms with Crippen LogP contribution in [0.4, 0.5) is 4.39 Å². The van der Waals surface area contributed by atoms with E-state index in [4.69, 9.17) is 0 Å². The molecule has 2 aromatic carbocycles. The van der Waals surface area contributed by atoms with Crippen LogP contribution < -0.4 is 5.32 Å². The summed E-state index contributed by atoms with van der Waals surface area (Å²) < 4.78 is 39.7. The summed E-state index contributed by atoms with van der Waals surface area (Å²) in [5.41, 5.74) is 0.264. The smallest absolute Gasteiger partial charge is 0.269 e. The Kier molecular flexibility index (Phi) is 8.18. The molecule has 1 aliphatic rings. The van der Waals surface area contributed by atoms with Crippen LogP contribution in [0.3, 0.4) is 0 Å². The van der Waals surface area contributed by atoms with E-state index in [1.165, 1.54) is 29.2 Å². The van der Waals surface area contributed by atoms with E-state index >= 15 is 0 Å². The van der Waals surface area contributed by atoms with Gasteiger partial charge in [-0.25, -0.2) is 17.1 Å². The van der Waals surface area contributed by atoms with E-state index < -0.39 is 33.3 Å². The summed E-state index contributed by atoms with van der Waals surface area (Å²) in [6.45, 7) is 7.25. The van der Waals surface area contributed by atoms with E-state index in [0.29, 0.717) is 12.0 Å². The molecule has 2 aromatic rings. The average Bonchev–Trinajstić information content (AvgIpc) is 2.99. The molecule has 0 aromatic heterocycles. The summed E-state index contributed by atoms with van der Waals surface area (Å²) in [7, 11) is -3.96. The Labute approximate surface area is 211 Å². The van der Waals surface area contributed by atoms with Crippen LogP contribution in [0, 0.1) is 5.82 Å². The Morgan fingerprint density at radius 3 is 2.31 bits per heavy atom. The van der Waals surface area contributed by atoms with Gasteiger partial charge in [0, 0.05) is 25.0 Å². The minimum Gasteiger partial charge on any atom is -0.350 e. The fourth-order valence-electron chi connectivity index (χ4n) is 4.13. The zero-order valence-electron chi connectivity index (χ0n) is 21.0. The van der Waals surface area contributed by atoms with Gasteiger partial charge in [-0.15, -0.1) is 0 Å². The molecule has 1 atom stereocenters. The maximum atomic E-state index is 13.4. The van der Waals surface area contributed by atoms with Crippen molar-refractivity contribution in [2.45, 2.75) is 70.0 Å². The van der Waals surface area contributed by atoms with Crippen LogP contribution in [0.5, 0.6) is 0 Å². The van der Waals surface area contributed by atoms with Gasteiger partial charge in [0.05, 0.1) is 5.56 Å². The lowest BCUT2D eigenvalue weighted by Crippen LogP contribution is -2.53. The van der Waals surface area contributed by atoms with Gasteiger partial charge in [-0.2, -0.15) is 0 Å². The fraction of sp³-hybridized carbons (Fsp3) is 0.423. The minimum atomic E-state index is -3.96. The highest BCUT2D eigenvalue weighted by atomic mass is 32.2. The van der Waals surface area contributed by atoms with Crippen LogP contribution in [-0.2, 0) is 26.2 Å². The maximum absolute atomic E-state index is 13.4. The standard InChI is InChI=1S/C26H32FN3O5S/c1-5-21(24(32)28-26(2,3)4)29(17-18-12-14-19(27)15-13-18)23(31)11-8-16-30-25(33)20-9-6-7-10-22(20)36(30,34)35/h6-7,9-10,12-15,21H,5,8,11,16-17H2,1-4H3,(H,28,32). The van der Waals surface area contributed by atoms with Gasteiger partial charge < -0.3 is 10.2 Å². The largest absolute Gasteiger partial charge is 0.350 e. The second-order valence-electron chi connectivity index (χ2n) is 9.79. The van der Waals surface area contributed by atoms with Crippen molar-refractivity contribution in [2.75, 3.05) is 6.54 Å². The quantitative estimate of drug-likeness (QED) is 0.549. The zero-order valence-corrected chi connectivity index (χ0v) is 21.8. The van der Waals surface area contributed by atoms with E-state index in [0.717, 1.165) is 4.31 Å². The number of carbonyl (C=O) groups is 3. The fourth-order valence-corrected chi connectivity index (χ4v) is 5.74. The Balaban J connectivity index is 1.76. The van der Waals surface area contributed by atoms with Crippen molar-refractivity contribution in [3.8, 4) is 0 Å². The van der Waals surface area contributed by atoms with Gasteiger partial charge in [0.1, 0.15) is 16.8 Å². The molecule has 0 radical (unpaired) electrons. The third kappa shape index (κ3) is 6.10. The summed E-state index contributed by atoms with van der Waals surface area (Å²) in [4.78, 5) is 40.4. The molecule has 0 saturated heterocycles. The molecule has 1 unspecified atom stereocenters. The predicted molar refractivity (Wildman–Crippen MR) is 133 cm³/mol. The van der Waals surface area contributed by atoms with E-state index in [-0.39, 0.29) is 48.2 Å². The molecule has 8 nitrogen and oxygen atoms in total. The summed E-state index contributed by atoms with van der Waals surface area (Å²) in [5.74, 6) is -1.70. The topological polar surface area (TPSA) is 104 Å². The number of nitrogens with one attached hydrogen (secondary N) is 1. The monoisotopic (exact) mass is 517 g/mol. The molecule has 0 fully saturated rings. The number of sulfonamides is 1. The first-order chi connectivity index (χ1) is 16.8. The van der Waals surface area contributed by atoms with Crippen molar-refractivity contribution < 1.29 is 27.2 Å². The molecular formula is C26H32FN3O5S. The predicted octanol–water partition coefficient (Wildman–Crippen LogP) is 3.47. The third-order valence-electron chi connectivity index (χ3n) is 5.81. The number of hydrogen-bond donors (Lipinski definition) is 1. The van der Waals surface area contributed by atoms with Crippen molar-refractivity contribution in [3.63, 3.8) is 0 Å². The molecule has 0 spiro atoms. The minimum absolute atomic E-state index is 0.0378. The lowest BCUT2D eigenvalue weighted by Gasteiger charge is -2.33. The summed E-state index contributed by atoms with van der Waals surface area (Å²) in [6.07, 6.45) is 0.369. The summed E-state index contributed by atoms with van der Waals surface area (Å²) in [5, 5.41) is 2.90. The van der Waals surface area contributed by atoms with Crippen molar-refractivity contribution >= 4 is 27.7 Å². The van der Waals surface area contributed by atoms with Crippen LogP contribution in [0.2, 0.25) is 0 Å². The number of carbonyl (C=O) groups excluding carboxylic acids is 3. The van der Waals surface area contributed by atoms with Crippen LogP contribution in [0.25, 0.3) is 0 Å². The average molecular weight is 518 g/mol. The SMILES string of the molecule is CCC(C(=O)NC(C)(C)C)N(Cc1ccc(F)cc1)C(=O)CCCN1C(=O)c2ccccc2S1(=O)=O. The molecule has 0 bridgehead atoms. The van der Waals surface area contributed by atoms with Gasteiger partial charge in [-0.05, 0) is 63.4 Å². The molecule has 0 saturated carbocycles. The van der Waals surface area contributed by atoms with Gasteiger partial charge >= 0.3 is 0 Å². The highest BCUT2D eigenvalue weighted by Crippen LogP contribution is 2.30. The van der Waals surface area contributed by atoms with Gasteiger partial charge in [0.15, 0.2) is 0 Å². The molecule has 3 rings (SSSR count). The molecular weight excluding hydrogens is 485 g/mol. The first-order valence-corrected chi connectivity index (χ1v) is 13.3. The van der Waals surface area contributed by atoms with E-state index in [1.54, 1.807) is 31.2 Å². The van der Waals surface area contributed by atoms with Crippen LogP contribution >= 0.6 is 0 Å². The Hall–Kier alpha value is -3.27. The molecule has 36 heavy (non-hydrogen) atoms. The Morgan fingerprint density at radius 1 is 1.08 bits per heavy atom. The molecule has 1 aliphatic heterocycles. The molecule has 1 heterocycles. The van der Waals surface area contributed by atoms with E-state index in [1.807, 2.05) is 20.8 Å². The highest BCUT2D eigenvalue weighted by Gasteiger charge is 2.40. The number of halogens is 1. The van der Waals surface area contributed by atoms with Crippen molar-refractivity contribution in [1.82, 2.24) is 14.5 Å². The summed E-state index contributed by atoms with van der Waals surface area (Å²) in [6, 6.07) is 10.9. The number of fused-ring (bicyclic) bond motifs is 1. The number of rotatable bonds is 9. The number of amides is 3. The van der Waals surface area contributed by atoms with Gasteiger partial charge in [0.2, 0.25) is 11.8 Å². The van der Waals surface area contributed by atoms with Crippen LogP contribution in [0.15, 0.2) is 53.4 Å². The van der Waals surface area contributed by atoms with E-state index in [2.05, 4.69) is 5.32 Å². The highest BCUT2D eigenvalue weighted by molar-refractivity contribution is 7.90. The van der Waals surface area contributed by atoms with E-state index in [9.17, 15) is 27.2 Å². The first-order valence-electron chi connectivity index (χ1n) is 11.9. The lowest BCUT2D eigenvalue weighted by atomic mass is 10.0. The molecule has 10 heteroatoms. The number of hydrogen-bond acceptors (Lipinski definition) is 5. The second-order valence-corrected chi connectivity index (χ2v) is 11.6. The first kappa shape index (κ1) is 27.3. The van der Waals surface area contributed by atoms with Crippen LogP contribution in [0.1, 0.15) is 62.9 Å². The van der Waals surface area contributed by atoms with Crippen molar-refractivity contribution in [1.29, 1.82) is 0 Å². The zero-order chi connectivity index (χ0) is 26.7. The lowest BCUT2D eigenvalue weighted by molar-refractivity contribution is -0.142. The van der Waals surface area contributed by atoms with Crippen molar-refractivity contribution in [2.24, 2.45) is 0 Å². The Morgan fingerprint density at radius 2 is 1.72 bits per heavy atom. The summed E-state index contributed by atoms with van der Waals surface area (Å²) >= 11 is 0. The van der Waals surface area contributed by atoms with Gasteiger partial charge in [0.25, 0.3) is 15.9 Å². The number of benzene rings is 2. The second kappa shape index (κ2) is 10.8. The van der Waals surface area contributed by atoms with Gasteiger partial charge in [-0.1, -0.05) is 31.2 Å². The van der Waals surface area contributed by atoms with Gasteiger partial charge in [-0.3, -0.25) is 14.4 Å². The number of nitrogens with zero attached hydrogens (tertiary/aromatic N) is 2. The third-order valence-corrected chi connectivity index (χ3v) is 7.65.